The van der Waals surface area contributed by atoms with Gasteiger partial charge in [-0.25, -0.2) is 0 Å². The highest BCUT2D eigenvalue weighted by Crippen LogP contribution is 2.18. The second kappa shape index (κ2) is 6.92. The molecular formula is C15H21NO3. The Kier molecular flexibility index (Phi) is 5.55. The first-order valence-corrected chi connectivity index (χ1v) is 6.48. The van der Waals surface area contributed by atoms with Crippen LogP contribution in [0, 0.1) is 5.92 Å². The summed E-state index contributed by atoms with van der Waals surface area (Å²) in [6.45, 7) is 7.49. The maximum atomic E-state index is 12.1. The molecule has 1 atom stereocenters. The van der Waals surface area contributed by atoms with E-state index in [1.807, 2.05) is 6.92 Å². The number of carbonyl (C=O) groups is 2. The van der Waals surface area contributed by atoms with Crippen molar-refractivity contribution in [3.8, 4) is 5.75 Å². The lowest BCUT2D eigenvalue weighted by Gasteiger charge is -2.17. The first-order chi connectivity index (χ1) is 8.90. The van der Waals surface area contributed by atoms with Crippen LogP contribution < -0.4 is 10.1 Å². The minimum Gasteiger partial charge on any atom is -0.426 e. The molecule has 0 saturated carbocycles. The molecule has 1 rings (SSSR count). The summed E-state index contributed by atoms with van der Waals surface area (Å²) >= 11 is 0. The molecule has 0 spiro atoms. The molecule has 104 valence electrons. The van der Waals surface area contributed by atoms with E-state index in [-0.39, 0.29) is 11.9 Å². The van der Waals surface area contributed by atoms with E-state index in [2.05, 4.69) is 19.2 Å². The van der Waals surface area contributed by atoms with Crippen LogP contribution in [0.1, 0.15) is 44.5 Å². The molecule has 0 aliphatic heterocycles. The molecule has 0 saturated heterocycles. The summed E-state index contributed by atoms with van der Waals surface area (Å²) < 4.78 is 5.03. The number of para-hydroxylation sites is 1. The van der Waals surface area contributed by atoms with Crippen LogP contribution in [0.5, 0.6) is 5.75 Å². The zero-order chi connectivity index (χ0) is 14.4. The van der Waals surface area contributed by atoms with Crippen molar-refractivity contribution < 1.29 is 14.3 Å². The molecule has 1 aromatic rings. The molecule has 0 heterocycles. The zero-order valence-corrected chi connectivity index (χ0v) is 11.9. The second-order valence-corrected chi connectivity index (χ2v) is 5.09. The Morgan fingerprint density at radius 1 is 1.21 bits per heavy atom. The van der Waals surface area contributed by atoms with Gasteiger partial charge in [0.05, 0.1) is 5.56 Å². The summed E-state index contributed by atoms with van der Waals surface area (Å²) in [5.74, 6) is 0.156. The van der Waals surface area contributed by atoms with E-state index in [4.69, 9.17) is 4.74 Å². The van der Waals surface area contributed by atoms with Crippen molar-refractivity contribution in [2.24, 2.45) is 5.92 Å². The molecular weight excluding hydrogens is 242 g/mol. The molecule has 1 N–H and O–H groups in total. The van der Waals surface area contributed by atoms with Crippen molar-refractivity contribution in [3.63, 3.8) is 0 Å². The fourth-order valence-electron chi connectivity index (χ4n) is 1.97. The van der Waals surface area contributed by atoms with Gasteiger partial charge in [-0.3, -0.25) is 9.59 Å². The van der Waals surface area contributed by atoms with Crippen LogP contribution >= 0.6 is 0 Å². The van der Waals surface area contributed by atoms with Gasteiger partial charge in [0, 0.05) is 13.0 Å². The number of hydrogen-bond acceptors (Lipinski definition) is 3. The first kappa shape index (κ1) is 15.2. The third kappa shape index (κ3) is 5.12. The van der Waals surface area contributed by atoms with Crippen LogP contribution in [0.4, 0.5) is 0 Å². The molecule has 1 aromatic carbocycles. The minimum absolute atomic E-state index is 0.0814. The average Bonchev–Trinajstić information content (AvgIpc) is 2.27. The molecule has 0 aliphatic carbocycles. The summed E-state index contributed by atoms with van der Waals surface area (Å²) in [6, 6.07) is 6.82. The van der Waals surface area contributed by atoms with E-state index in [0.29, 0.717) is 17.2 Å². The van der Waals surface area contributed by atoms with E-state index >= 15 is 0 Å². The number of carbonyl (C=O) groups excluding carboxylic acids is 2. The largest absolute Gasteiger partial charge is 0.426 e. The number of nitrogens with one attached hydrogen (secondary N) is 1. The highest BCUT2D eigenvalue weighted by molar-refractivity contribution is 5.97. The van der Waals surface area contributed by atoms with Crippen molar-refractivity contribution in [2.75, 3.05) is 0 Å². The van der Waals surface area contributed by atoms with Crippen LogP contribution in [-0.4, -0.2) is 17.9 Å². The molecule has 0 bridgehead atoms. The van der Waals surface area contributed by atoms with Crippen molar-refractivity contribution in [2.45, 2.75) is 40.2 Å². The monoisotopic (exact) mass is 263 g/mol. The summed E-state index contributed by atoms with van der Waals surface area (Å²) in [4.78, 5) is 23.1. The summed E-state index contributed by atoms with van der Waals surface area (Å²) in [5.41, 5.74) is 0.383. The first-order valence-electron chi connectivity index (χ1n) is 6.48. The van der Waals surface area contributed by atoms with Crippen molar-refractivity contribution >= 4 is 11.9 Å². The van der Waals surface area contributed by atoms with Crippen LogP contribution in [0.15, 0.2) is 24.3 Å². The van der Waals surface area contributed by atoms with Crippen molar-refractivity contribution in [1.29, 1.82) is 0 Å². The molecule has 0 aliphatic rings. The molecule has 0 unspecified atom stereocenters. The van der Waals surface area contributed by atoms with Gasteiger partial charge >= 0.3 is 5.97 Å². The highest BCUT2D eigenvalue weighted by Gasteiger charge is 2.15. The fourth-order valence-corrected chi connectivity index (χ4v) is 1.97. The lowest BCUT2D eigenvalue weighted by atomic mass is 10.0. The van der Waals surface area contributed by atoms with E-state index in [1.54, 1.807) is 24.3 Å². The van der Waals surface area contributed by atoms with Crippen molar-refractivity contribution in [3.05, 3.63) is 29.8 Å². The predicted molar refractivity (Wildman–Crippen MR) is 74.1 cm³/mol. The Labute approximate surface area is 114 Å². The molecule has 1 amide bonds. The molecule has 0 fully saturated rings. The quantitative estimate of drug-likeness (QED) is 0.656. The number of amides is 1. The smallest absolute Gasteiger partial charge is 0.308 e. The Balaban J connectivity index is 2.79. The zero-order valence-electron chi connectivity index (χ0n) is 11.9. The van der Waals surface area contributed by atoms with Crippen LogP contribution in [-0.2, 0) is 4.79 Å². The van der Waals surface area contributed by atoms with Gasteiger partial charge in [0.1, 0.15) is 5.75 Å². The van der Waals surface area contributed by atoms with E-state index in [1.165, 1.54) is 6.92 Å². The van der Waals surface area contributed by atoms with Gasteiger partial charge in [-0.2, -0.15) is 0 Å². The van der Waals surface area contributed by atoms with E-state index < -0.39 is 5.97 Å². The summed E-state index contributed by atoms with van der Waals surface area (Å²) in [7, 11) is 0. The number of ether oxygens (including phenoxy) is 1. The molecule has 0 radical (unpaired) electrons. The van der Waals surface area contributed by atoms with Gasteiger partial charge in [-0.05, 0) is 31.4 Å². The number of esters is 1. The fraction of sp³-hybridized carbons (Fsp3) is 0.467. The number of benzene rings is 1. The SMILES string of the molecule is CC(=O)Oc1ccccc1C(=O)N[C@@H](C)CC(C)C. The lowest BCUT2D eigenvalue weighted by molar-refractivity contribution is -0.131. The predicted octanol–water partition coefficient (Wildman–Crippen LogP) is 2.78. The normalized spacial score (nSPS) is 12.1. The third-order valence-electron chi connectivity index (χ3n) is 2.59. The standard InChI is InChI=1S/C15H21NO3/c1-10(2)9-11(3)16-15(18)13-7-5-6-8-14(13)19-12(4)17/h5-8,10-11H,9H2,1-4H3,(H,16,18)/t11-/m0/s1. The van der Waals surface area contributed by atoms with Crippen LogP contribution in [0.2, 0.25) is 0 Å². The van der Waals surface area contributed by atoms with Gasteiger partial charge in [0.2, 0.25) is 0 Å². The second-order valence-electron chi connectivity index (χ2n) is 5.09. The maximum absolute atomic E-state index is 12.1. The maximum Gasteiger partial charge on any atom is 0.308 e. The van der Waals surface area contributed by atoms with Gasteiger partial charge in [-0.15, -0.1) is 0 Å². The van der Waals surface area contributed by atoms with E-state index in [0.717, 1.165) is 6.42 Å². The molecule has 4 nitrogen and oxygen atoms in total. The van der Waals surface area contributed by atoms with Gasteiger partial charge in [-0.1, -0.05) is 26.0 Å². The summed E-state index contributed by atoms with van der Waals surface area (Å²) in [6.07, 6.45) is 0.904. The molecule has 4 heteroatoms. The van der Waals surface area contributed by atoms with Gasteiger partial charge < -0.3 is 10.1 Å². The number of rotatable bonds is 5. The lowest BCUT2D eigenvalue weighted by Crippen LogP contribution is -2.33. The Morgan fingerprint density at radius 2 is 1.84 bits per heavy atom. The third-order valence-corrected chi connectivity index (χ3v) is 2.59. The topological polar surface area (TPSA) is 55.4 Å². The Bertz CT molecular complexity index is 454. The van der Waals surface area contributed by atoms with Crippen LogP contribution in [0.3, 0.4) is 0 Å². The average molecular weight is 263 g/mol. The van der Waals surface area contributed by atoms with E-state index in [9.17, 15) is 9.59 Å². The Morgan fingerprint density at radius 3 is 2.42 bits per heavy atom. The molecule has 19 heavy (non-hydrogen) atoms. The highest BCUT2D eigenvalue weighted by atomic mass is 16.5. The van der Waals surface area contributed by atoms with Crippen LogP contribution in [0.25, 0.3) is 0 Å². The Hall–Kier alpha value is -1.84. The molecule has 0 aromatic heterocycles. The summed E-state index contributed by atoms with van der Waals surface area (Å²) in [5, 5.41) is 2.91. The van der Waals surface area contributed by atoms with Crippen molar-refractivity contribution in [1.82, 2.24) is 5.32 Å². The van der Waals surface area contributed by atoms with Gasteiger partial charge in [0.25, 0.3) is 5.91 Å². The minimum atomic E-state index is -0.435. The van der Waals surface area contributed by atoms with Gasteiger partial charge in [0.15, 0.2) is 0 Å². The number of hydrogen-bond donors (Lipinski definition) is 1.